The fraction of sp³-hybridized carbons (Fsp3) is 0.286. The molecule has 1 aliphatic rings. The second kappa shape index (κ2) is 9.09. The minimum absolute atomic E-state index is 0.0141. The molecule has 0 aliphatic carbocycles. The number of aliphatic carboxylic acids is 1. The Morgan fingerprint density at radius 1 is 1.07 bits per heavy atom. The number of carboxylic acid groups (broad SMARTS) is 1. The lowest BCUT2D eigenvalue weighted by molar-refractivity contribution is -0.136. The smallest absolute Gasteiger partial charge is 0.414 e. The fourth-order valence-corrected chi connectivity index (χ4v) is 3.17. The molecule has 0 bridgehead atoms. The molecule has 8 nitrogen and oxygen atoms in total. The molecule has 29 heavy (non-hydrogen) atoms. The van der Waals surface area contributed by atoms with Crippen LogP contribution in [0.25, 0.3) is 0 Å². The van der Waals surface area contributed by atoms with Gasteiger partial charge in [-0.2, -0.15) is 0 Å². The highest BCUT2D eigenvalue weighted by molar-refractivity contribution is 5.89. The number of benzene rings is 2. The van der Waals surface area contributed by atoms with E-state index in [4.69, 9.17) is 21.3 Å². The Bertz CT molecular complexity index is 890. The zero-order valence-corrected chi connectivity index (χ0v) is 16.0. The van der Waals surface area contributed by atoms with Gasteiger partial charge in [-0.05, 0) is 41.7 Å². The summed E-state index contributed by atoms with van der Waals surface area (Å²) in [5, 5.41) is 8.82. The largest absolute Gasteiger partial charge is 0.481 e. The maximum absolute atomic E-state index is 12.2. The van der Waals surface area contributed by atoms with Gasteiger partial charge in [0.05, 0.1) is 19.5 Å². The highest BCUT2D eigenvalue weighted by Gasteiger charge is 2.31. The Kier molecular flexibility index (Phi) is 6.33. The number of rotatable bonds is 8. The minimum atomic E-state index is -0.847. The van der Waals surface area contributed by atoms with Gasteiger partial charge in [-0.3, -0.25) is 9.69 Å². The summed E-state index contributed by atoms with van der Waals surface area (Å²) in [7, 11) is 0. The average molecular weight is 396 g/mol. The van der Waals surface area contributed by atoms with E-state index in [1.54, 1.807) is 4.90 Å². The molecular weight excluding hydrogens is 372 g/mol. The molecule has 8 heteroatoms. The predicted octanol–water partition coefficient (Wildman–Crippen LogP) is 2.05. The number of amides is 1. The Hall–Kier alpha value is -3.55. The third-order valence-electron chi connectivity index (χ3n) is 4.70. The van der Waals surface area contributed by atoms with Gasteiger partial charge in [0.2, 0.25) is 0 Å². The molecule has 1 fully saturated rings. The molecule has 1 atom stereocenters. The van der Waals surface area contributed by atoms with Gasteiger partial charge < -0.3 is 21.3 Å². The molecule has 2 aromatic rings. The molecule has 5 N–H and O–H groups in total. The summed E-state index contributed by atoms with van der Waals surface area (Å²) in [6.07, 6.45) is 0.909. The van der Waals surface area contributed by atoms with Crippen LogP contribution in [0.5, 0.6) is 0 Å². The van der Waals surface area contributed by atoms with Crippen LogP contribution in [0, 0.1) is 0 Å². The molecule has 2 aromatic carbocycles. The number of anilines is 1. The zero-order valence-electron chi connectivity index (χ0n) is 16.0. The lowest BCUT2D eigenvalue weighted by Crippen LogP contribution is -2.24. The second-order valence-electron chi connectivity index (χ2n) is 6.95. The van der Waals surface area contributed by atoms with Crippen LogP contribution in [0.1, 0.15) is 23.1 Å². The fourth-order valence-electron chi connectivity index (χ4n) is 3.17. The summed E-state index contributed by atoms with van der Waals surface area (Å²) in [4.78, 5) is 28.6. The van der Waals surface area contributed by atoms with Gasteiger partial charge in [-0.15, -0.1) is 0 Å². The maximum Gasteiger partial charge on any atom is 0.414 e. The van der Waals surface area contributed by atoms with E-state index in [-0.39, 0.29) is 24.6 Å². The van der Waals surface area contributed by atoms with E-state index in [2.05, 4.69) is 4.99 Å². The van der Waals surface area contributed by atoms with Crippen LogP contribution in [0.4, 0.5) is 10.5 Å². The molecule has 152 valence electrons. The van der Waals surface area contributed by atoms with Crippen LogP contribution in [0.3, 0.4) is 0 Å². The van der Waals surface area contributed by atoms with Gasteiger partial charge in [-0.25, -0.2) is 9.79 Å². The van der Waals surface area contributed by atoms with Crippen LogP contribution in [-0.4, -0.2) is 35.8 Å². The molecule has 1 amide bonds. The first kappa shape index (κ1) is 20.2. The van der Waals surface area contributed by atoms with E-state index in [0.717, 1.165) is 28.8 Å². The lowest BCUT2D eigenvalue weighted by Gasteiger charge is -2.13. The van der Waals surface area contributed by atoms with Gasteiger partial charge >= 0.3 is 12.1 Å². The third kappa shape index (κ3) is 5.71. The van der Waals surface area contributed by atoms with Crippen molar-refractivity contribution in [1.29, 1.82) is 0 Å². The van der Waals surface area contributed by atoms with Crippen molar-refractivity contribution in [2.24, 2.45) is 16.5 Å². The molecule has 0 aromatic heterocycles. The molecule has 0 spiro atoms. The number of carbonyl (C=O) groups excluding carboxylic acids is 1. The Morgan fingerprint density at radius 3 is 2.31 bits per heavy atom. The number of aliphatic imine (C=N–C) groups is 1. The monoisotopic (exact) mass is 396 g/mol. The van der Waals surface area contributed by atoms with Crippen LogP contribution in [-0.2, 0) is 28.9 Å². The van der Waals surface area contributed by atoms with Gasteiger partial charge in [-0.1, -0.05) is 36.4 Å². The summed E-state index contributed by atoms with van der Waals surface area (Å²) < 4.78 is 5.49. The molecule has 1 saturated heterocycles. The van der Waals surface area contributed by atoms with E-state index in [1.807, 2.05) is 48.5 Å². The third-order valence-corrected chi connectivity index (χ3v) is 4.70. The number of guanidine groups is 1. The number of carboxylic acids is 1. The lowest BCUT2D eigenvalue weighted by atomic mass is 10.0. The van der Waals surface area contributed by atoms with E-state index in [9.17, 15) is 9.59 Å². The first-order valence-electron chi connectivity index (χ1n) is 9.33. The van der Waals surface area contributed by atoms with Gasteiger partial charge in [0, 0.05) is 5.69 Å². The predicted molar refractivity (Wildman–Crippen MR) is 110 cm³/mol. The normalized spacial score (nSPS) is 15.8. The Morgan fingerprint density at radius 2 is 1.69 bits per heavy atom. The highest BCUT2D eigenvalue weighted by atomic mass is 16.6. The number of cyclic esters (lactones) is 1. The van der Waals surface area contributed by atoms with Crippen LogP contribution >= 0.6 is 0 Å². The summed E-state index contributed by atoms with van der Waals surface area (Å²) in [6, 6.07) is 14.9. The molecule has 0 radical (unpaired) electrons. The topological polar surface area (TPSA) is 131 Å². The Balaban J connectivity index is 1.53. The van der Waals surface area contributed by atoms with Crippen LogP contribution in [0.2, 0.25) is 0 Å². The molecular formula is C21H24N4O4. The maximum atomic E-state index is 12.2. The molecule has 0 saturated carbocycles. The number of hydrogen-bond donors (Lipinski definition) is 3. The van der Waals surface area contributed by atoms with Crippen molar-refractivity contribution in [2.75, 3.05) is 11.4 Å². The van der Waals surface area contributed by atoms with Gasteiger partial charge in [0.15, 0.2) is 5.96 Å². The van der Waals surface area contributed by atoms with Crippen molar-refractivity contribution in [3.8, 4) is 0 Å². The molecule has 1 unspecified atom stereocenters. The summed E-state index contributed by atoms with van der Waals surface area (Å²) in [6.45, 7) is 0.879. The highest BCUT2D eigenvalue weighted by Crippen LogP contribution is 2.24. The number of aryl methyl sites for hydroxylation is 1. The van der Waals surface area contributed by atoms with Crippen molar-refractivity contribution < 1.29 is 19.4 Å². The SMILES string of the molecule is NC(N)=NCc1ccc(N2CC(CCc3ccc(CC(=O)O)cc3)OC2=O)cc1. The van der Waals surface area contributed by atoms with Crippen LogP contribution < -0.4 is 16.4 Å². The number of hydrogen-bond acceptors (Lipinski definition) is 4. The first-order valence-corrected chi connectivity index (χ1v) is 9.33. The number of nitrogens with two attached hydrogens (primary N) is 2. The average Bonchev–Trinajstić information content (AvgIpc) is 3.06. The Labute approximate surface area is 168 Å². The van der Waals surface area contributed by atoms with E-state index >= 15 is 0 Å². The van der Waals surface area contributed by atoms with Crippen LogP contribution in [0.15, 0.2) is 53.5 Å². The van der Waals surface area contributed by atoms with E-state index in [1.165, 1.54) is 0 Å². The van der Waals surface area contributed by atoms with Gasteiger partial charge in [0.1, 0.15) is 6.10 Å². The first-order chi connectivity index (χ1) is 13.9. The van der Waals surface area contributed by atoms with Gasteiger partial charge in [0.25, 0.3) is 0 Å². The van der Waals surface area contributed by atoms with Crippen molar-refractivity contribution in [2.45, 2.75) is 31.9 Å². The summed E-state index contributed by atoms with van der Waals surface area (Å²) in [5.74, 6) is -0.809. The molecule has 3 rings (SSSR count). The van der Waals surface area contributed by atoms with Crippen molar-refractivity contribution >= 4 is 23.7 Å². The number of ether oxygens (including phenoxy) is 1. The second-order valence-corrected chi connectivity index (χ2v) is 6.95. The molecule has 1 heterocycles. The minimum Gasteiger partial charge on any atom is -0.481 e. The molecule has 1 aliphatic heterocycles. The van der Waals surface area contributed by atoms with Crippen molar-refractivity contribution in [3.63, 3.8) is 0 Å². The summed E-state index contributed by atoms with van der Waals surface area (Å²) in [5.41, 5.74) is 14.2. The van der Waals surface area contributed by atoms with E-state index < -0.39 is 5.97 Å². The number of carbonyl (C=O) groups is 2. The van der Waals surface area contributed by atoms with Crippen molar-refractivity contribution in [3.05, 3.63) is 65.2 Å². The van der Waals surface area contributed by atoms with Crippen molar-refractivity contribution in [1.82, 2.24) is 0 Å². The number of nitrogens with zero attached hydrogens (tertiary/aromatic N) is 2. The van der Waals surface area contributed by atoms with E-state index in [0.29, 0.717) is 19.5 Å². The zero-order chi connectivity index (χ0) is 20.8. The quantitative estimate of drug-likeness (QED) is 0.462. The standard InChI is InChI=1S/C21H24N4O4/c22-20(23)24-12-16-5-8-17(9-6-16)25-13-18(29-21(25)28)10-7-14-1-3-15(4-2-14)11-19(26)27/h1-6,8-9,18H,7,10-13H2,(H,26,27)(H4,22,23,24). The summed E-state index contributed by atoms with van der Waals surface area (Å²) >= 11 is 0.